The first kappa shape index (κ1) is 15.5. The summed E-state index contributed by atoms with van der Waals surface area (Å²) in [5.41, 5.74) is 1.46. The number of Topliss-reactive ketones (excluding diaryl/α,β-unsaturated/α-hetero) is 1. The highest BCUT2D eigenvalue weighted by atomic mass is 16.2. The summed E-state index contributed by atoms with van der Waals surface area (Å²) < 4.78 is 0. The van der Waals surface area contributed by atoms with Crippen molar-refractivity contribution in [2.24, 2.45) is 5.92 Å². The average molecular weight is 307 g/mol. The second kappa shape index (κ2) is 7.23. The van der Waals surface area contributed by atoms with Crippen LogP contribution in [-0.2, 0) is 9.59 Å². The highest BCUT2D eigenvalue weighted by Gasteiger charge is 2.31. The summed E-state index contributed by atoms with van der Waals surface area (Å²) in [4.78, 5) is 27.2. The van der Waals surface area contributed by atoms with Crippen molar-refractivity contribution in [2.75, 3.05) is 4.90 Å². The van der Waals surface area contributed by atoms with Crippen molar-refractivity contribution in [2.45, 2.75) is 32.1 Å². The van der Waals surface area contributed by atoms with Crippen LogP contribution in [0.25, 0.3) is 0 Å². The minimum Gasteiger partial charge on any atom is -0.288 e. The summed E-state index contributed by atoms with van der Waals surface area (Å²) in [5.74, 6) is -0.794. The molecule has 0 heterocycles. The van der Waals surface area contributed by atoms with Gasteiger partial charge in [-0.3, -0.25) is 14.5 Å². The number of hydrogen-bond donors (Lipinski definition) is 0. The lowest BCUT2D eigenvalue weighted by atomic mass is 9.85. The van der Waals surface area contributed by atoms with E-state index in [0.717, 1.165) is 37.1 Å². The molecule has 3 rings (SSSR count). The van der Waals surface area contributed by atoms with Gasteiger partial charge in [-0.15, -0.1) is 0 Å². The van der Waals surface area contributed by atoms with E-state index in [4.69, 9.17) is 0 Å². The summed E-state index contributed by atoms with van der Waals surface area (Å²) >= 11 is 0. The fourth-order valence-corrected chi connectivity index (χ4v) is 3.19. The van der Waals surface area contributed by atoms with E-state index in [0.29, 0.717) is 0 Å². The van der Waals surface area contributed by atoms with Gasteiger partial charge in [-0.05, 0) is 37.1 Å². The van der Waals surface area contributed by atoms with Gasteiger partial charge in [0.15, 0.2) is 0 Å². The molecule has 118 valence electrons. The van der Waals surface area contributed by atoms with Crippen molar-refractivity contribution in [1.82, 2.24) is 0 Å². The van der Waals surface area contributed by atoms with E-state index in [1.54, 1.807) is 0 Å². The highest BCUT2D eigenvalue weighted by molar-refractivity contribution is 6.43. The molecule has 0 N–H and O–H groups in total. The van der Waals surface area contributed by atoms with Gasteiger partial charge >= 0.3 is 0 Å². The van der Waals surface area contributed by atoms with Crippen molar-refractivity contribution in [1.29, 1.82) is 0 Å². The van der Waals surface area contributed by atoms with Crippen LogP contribution < -0.4 is 4.90 Å². The Morgan fingerprint density at radius 1 is 0.739 bits per heavy atom. The van der Waals surface area contributed by atoms with E-state index in [2.05, 4.69) is 0 Å². The summed E-state index contributed by atoms with van der Waals surface area (Å²) in [5, 5.41) is 0. The Kier molecular flexibility index (Phi) is 4.86. The van der Waals surface area contributed by atoms with E-state index in [-0.39, 0.29) is 11.7 Å². The molecule has 0 bridgehead atoms. The van der Waals surface area contributed by atoms with Crippen LogP contribution in [0.5, 0.6) is 0 Å². The number of hydrogen-bond acceptors (Lipinski definition) is 2. The Labute approximate surface area is 136 Å². The average Bonchev–Trinajstić information content (AvgIpc) is 2.64. The number of anilines is 2. The van der Waals surface area contributed by atoms with Crippen LogP contribution in [0.15, 0.2) is 60.7 Å². The van der Waals surface area contributed by atoms with Crippen molar-refractivity contribution in [3.63, 3.8) is 0 Å². The van der Waals surface area contributed by atoms with Gasteiger partial charge in [-0.25, -0.2) is 0 Å². The maximum atomic E-state index is 12.9. The molecule has 3 nitrogen and oxygen atoms in total. The fourth-order valence-electron chi connectivity index (χ4n) is 3.19. The molecule has 0 unspecified atom stereocenters. The Balaban J connectivity index is 1.92. The molecule has 2 aromatic carbocycles. The van der Waals surface area contributed by atoms with Crippen LogP contribution in [0.2, 0.25) is 0 Å². The van der Waals surface area contributed by atoms with Crippen molar-refractivity contribution in [3.05, 3.63) is 60.7 Å². The zero-order chi connectivity index (χ0) is 16.1. The second-order valence-corrected chi connectivity index (χ2v) is 6.01. The van der Waals surface area contributed by atoms with Gasteiger partial charge in [0.25, 0.3) is 5.91 Å². The lowest BCUT2D eigenvalue weighted by Gasteiger charge is -2.26. The molecule has 3 heteroatoms. The van der Waals surface area contributed by atoms with Gasteiger partial charge in [0.1, 0.15) is 0 Å². The minimum atomic E-state index is -0.422. The molecule has 0 atom stereocenters. The van der Waals surface area contributed by atoms with Crippen molar-refractivity contribution in [3.8, 4) is 0 Å². The smallest absolute Gasteiger partial charge is 0.288 e. The maximum Gasteiger partial charge on any atom is 0.299 e. The Bertz CT molecular complexity index is 621. The summed E-state index contributed by atoms with van der Waals surface area (Å²) in [6.07, 6.45) is 4.92. The van der Waals surface area contributed by atoms with Crippen LogP contribution >= 0.6 is 0 Å². The first-order valence-electron chi connectivity index (χ1n) is 8.26. The third kappa shape index (κ3) is 3.50. The first-order valence-corrected chi connectivity index (χ1v) is 8.26. The third-order valence-corrected chi connectivity index (χ3v) is 4.42. The van der Waals surface area contributed by atoms with E-state index in [9.17, 15) is 9.59 Å². The molecule has 0 spiro atoms. The summed E-state index contributed by atoms with van der Waals surface area (Å²) in [7, 11) is 0. The number of rotatable bonds is 4. The predicted octanol–water partition coefficient (Wildman–Crippen LogP) is 4.50. The molecule has 2 aromatic rings. The first-order chi connectivity index (χ1) is 11.3. The van der Waals surface area contributed by atoms with Gasteiger partial charge < -0.3 is 0 Å². The number of carbonyl (C=O) groups excluding carboxylic acids is 2. The van der Waals surface area contributed by atoms with E-state index >= 15 is 0 Å². The van der Waals surface area contributed by atoms with Crippen LogP contribution in [0.4, 0.5) is 11.4 Å². The van der Waals surface area contributed by atoms with Crippen molar-refractivity contribution < 1.29 is 9.59 Å². The summed E-state index contributed by atoms with van der Waals surface area (Å²) in [6, 6.07) is 18.8. The Morgan fingerprint density at radius 2 is 1.22 bits per heavy atom. The van der Waals surface area contributed by atoms with E-state index < -0.39 is 5.91 Å². The number of carbonyl (C=O) groups is 2. The molecule has 0 radical (unpaired) electrons. The molecule has 0 saturated heterocycles. The van der Waals surface area contributed by atoms with Crippen LogP contribution in [-0.4, -0.2) is 11.7 Å². The minimum absolute atomic E-state index is 0.119. The molecule has 1 amide bonds. The van der Waals surface area contributed by atoms with Gasteiger partial charge in [-0.2, -0.15) is 0 Å². The molecular weight excluding hydrogens is 286 g/mol. The molecule has 1 saturated carbocycles. The van der Waals surface area contributed by atoms with E-state index in [1.807, 2.05) is 60.7 Å². The Morgan fingerprint density at radius 3 is 1.70 bits per heavy atom. The maximum absolute atomic E-state index is 12.9. The number of para-hydroxylation sites is 2. The molecule has 1 aliphatic rings. The van der Waals surface area contributed by atoms with Crippen LogP contribution in [0.3, 0.4) is 0 Å². The van der Waals surface area contributed by atoms with Gasteiger partial charge in [-0.1, -0.05) is 55.7 Å². The van der Waals surface area contributed by atoms with Crippen LogP contribution in [0.1, 0.15) is 32.1 Å². The number of benzene rings is 2. The molecule has 0 aliphatic heterocycles. The largest absolute Gasteiger partial charge is 0.299 e. The van der Waals surface area contributed by atoms with Gasteiger partial charge in [0.2, 0.25) is 5.78 Å². The molecule has 1 aliphatic carbocycles. The van der Waals surface area contributed by atoms with Gasteiger partial charge in [0, 0.05) is 17.3 Å². The molecular formula is C20H21NO2. The lowest BCUT2D eigenvalue weighted by Crippen LogP contribution is -2.37. The number of nitrogens with zero attached hydrogens (tertiary/aromatic N) is 1. The predicted molar refractivity (Wildman–Crippen MR) is 91.6 cm³/mol. The molecule has 1 fully saturated rings. The molecule has 0 aromatic heterocycles. The van der Waals surface area contributed by atoms with Gasteiger partial charge in [0.05, 0.1) is 0 Å². The number of ketones is 1. The lowest BCUT2D eigenvalue weighted by molar-refractivity contribution is -0.138. The molecule has 23 heavy (non-hydrogen) atoms. The Hall–Kier alpha value is -2.42. The summed E-state index contributed by atoms with van der Waals surface area (Å²) in [6.45, 7) is 0. The number of amides is 1. The van der Waals surface area contributed by atoms with Crippen molar-refractivity contribution >= 4 is 23.1 Å². The quantitative estimate of drug-likeness (QED) is 0.780. The van der Waals surface area contributed by atoms with E-state index in [1.165, 1.54) is 11.3 Å². The second-order valence-electron chi connectivity index (χ2n) is 6.01. The topological polar surface area (TPSA) is 37.4 Å². The standard InChI is InChI=1S/C20H21NO2/c22-19(16-10-4-1-5-11-16)20(23)21(17-12-6-2-7-13-17)18-14-8-3-9-15-18/h2-3,6-9,12-16H,1,4-5,10-11H2. The van der Waals surface area contributed by atoms with Crippen LogP contribution in [0, 0.1) is 5.92 Å². The fraction of sp³-hybridized carbons (Fsp3) is 0.300. The third-order valence-electron chi connectivity index (χ3n) is 4.42. The zero-order valence-corrected chi connectivity index (χ0v) is 13.2. The highest BCUT2D eigenvalue weighted by Crippen LogP contribution is 2.29. The monoisotopic (exact) mass is 307 g/mol. The SMILES string of the molecule is O=C(C(=O)N(c1ccccc1)c1ccccc1)C1CCCCC1. The normalized spacial score (nSPS) is 15.1. The zero-order valence-electron chi connectivity index (χ0n) is 13.2.